The van der Waals surface area contributed by atoms with Gasteiger partial charge in [-0.3, -0.25) is 0 Å². The largest absolute Gasteiger partial charge is 0.455 e. The van der Waals surface area contributed by atoms with Crippen LogP contribution in [-0.4, -0.2) is 19.9 Å². The second-order valence-electron chi connectivity index (χ2n) is 13.4. The van der Waals surface area contributed by atoms with E-state index in [0.717, 1.165) is 83.4 Å². The van der Waals surface area contributed by atoms with E-state index < -0.39 is 0 Å². The molecule has 0 fully saturated rings. The number of benzene rings is 7. The Bertz CT molecular complexity index is 2850. The van der Waals surface area contributed by atoms with E-state index in [9.17, 15) is 0 Å². The minimum Gasteiger partial charge on any atom is -0.455 e. The van der Waals surface area contributed by atoms with Crippen molar-refractivity contribution in [1.29, 1.82) is 0 Å². The molecule has 258 valence electrons. The van der Waals surface area contributed by atoms with Crippen LogP contribution in [0.5, 0.6) is 0 Å². The number of hydrogen-bond acceptors (Lipinski definition) is 5. The Morgan fingerprint density at radius 2 is 0.709 bits per heavy atom. The van der Waals surface area contributed by atoms with Crippen molar-refractivity contribution in [3.63, 3.8) is 0 Å². The summed E-state index contributed by atoms with van der Waals surface area (Å²) in [5, 5.41) is 2.16. The van der Waals surface area contributed by atoms with Gasteiger partial charge in [-0.25, -0.2) is 19.9 Å². The van der Waals surface area contributed by atoms with Crippen LogP contribution in [0.3, 0.4) is 0 Å². The van der Waals surface area contributed by atoms with Gasteiger partial charge in [0, 0.05) is 38.6 Å². The summed E-state index contributed by atoms with van der Waals surface area (Å²) in [6.07, 6.45) is 0. The molecule has 0 bridgehead atoms. The van der Waals surface area contributed by atoms with Crippen molar-refractivity contribution in [3.8, 4) is 78.9 Å². The molecular formula is C50H32N4O. The molecule has 0 saturated carbocycles. The Hall–Kier alpha value is -7.50. The molecular weight excluding hydrogens is 673 g/mol. The van der Waals surface area contributed by atoms with Crippen LogP contribution >= 0.6 is 0 Å². The van der Waals surface area contributed by atoms with Crippen LogP contribution in [0.2, 0.25) is 0 Å². The zero-order valence-electron chi connectivity index (χ0n) is 29.7. The maximum absolute atomic E-state index is 6.38. The normalized spacial score (nSPS) is 11.3. The third kappa shape index (κ3) is 6.14. The fourth-order valence-electron chi connectivity index (χ4n) is 7.22. The molecule has 0 aliphatic carbocycles. The number of pyridine rings is 1. The Labute approximate surface area is 318 Å². The molecule has 10 aromatic rings. The van der Waals surface area contributed by atoms with Gasteiger partial charge in [0.1, 0.15) is 11.2 Å². The fraction of sp³-hybridized carbons (Fsp3) is 0. The fourth-order valence-corrected chi connectivity index (χ4v) is 7.22. The van der Waals surface area contributed by atoms with Crippen molar-refractivity contribution in [1.82, 2.24) is 19.9 Å². The maximum Gasteiger partial charge on any atom is 0.164 e. The van der Waals surface area contributed by atoms with Crippen LogP contribution in [0.15, 0.2) is 199 Å². The molecule has 3 aromatic heterocycles. The molecule has 0 aliphatic rings. The van der Waals surface area contributed by atoms with Crippen LogP contribution in [0.1, 0.15) is 0 Å². The summed E-state index contributed by atoms with van der Waals surface area (Å²) >= 11 is 0. The van der Waals surface area contributed by atoms with Crippen molar-refractivity contribution in [2.75, 3.05) is 0 Å². The van der Waals surface area contributed by atoms with Crippen LogP contribution in [0.25, 0.3) is 101 Å². The van der Waals surface area contributed by atoms with Crippen molar-refractivity contribution in [2.45, 2.75) is 0 Å². The maximum atomic E-state index is 6.38. The number of aromatic nitrogens is 4. The SMILES string of the molecule is c1ccc(-c2ccc(-c3nc(-c4ccc(-c5ccccc5)cc4)nc(-c4ccccc4-c4cccc(-c5cccc6c5oc5ccccc56)n4)n3)cc2)cc1. The van der Waals surface area contributed by atoms with E-state index in [2.05, 4.69) is 133 Å². The van der Waals surface area contributed by atoms with E-state index in [4.69, 9.17) is 24.4 Å². The van der Waals surface area contributed by atoms with E-state index in [0.29, 0.717) is 17.5 Å². The predicted octanol–water partition coefficient (Wildman–Crippen LogP) is 12.8. The topological polar surface area (TPSA) is 64.7 Å². The summed E-state index contributed by atoms with van der Waals surface area (Å²) in [6, 6.07) is 66.2. The average molecular weight is 705 g/mol. The molecule has 0 amide bonds. The molecule has 5 heteroatoms. The van der Waals surface area contributed by atoms with Crippen molar-refractivity contribution >= 4 is 21.9 Å². The van der Waals surface area contributed by atoms with Gasteiger partial charge in [0.2, 0.25) is 0 Å². The third-order valence-electron chi connectivity index (χ3n) is 10.0. The summed E-state index contributed by atoms with van der Waals surface area (Å²) in [5.74, 6) is 1.76. The smallest absolute Gasteiger partial charge is 0.164 e. The van der Waals surface area contributed by atoms with Crippen molar-refractivity contribution < 1.29 is 4.42 Å². The molecule has 0 N–H and O–H groups in total. The first-order valence-electron chi connectivity index (χ1n) is 18.3. The van der Waals surface area contributed by atoms with E-state index in [1.165, 1.54) is 0 Å². The number of rotatable bonds is 7. The van der Waals surface area contributed by atoms with E-state index in [1.54, 1.807) is 0 Å². The number of hydrogen-bond donors (Lipinski definition) is 0. The van der Waals surface area contributed by atoms with Gasteiger partial charge in [0.25, 0.3) is 0 Å². The lowest BCUT2D eigenvalue weighted by Crippen LogP contribution is -2.01. The highest BCUT2D eigenvalue weighted by atomic mass is 16.3. The van der Waals surface area contributed by atoms with E-state index >= 15 is 0 Å². The predicted molar refractivity (Wildman–Crippen MR) is 223 cm³/mol. The van der Waals surface area contributed by atoms with Gasteiger partial charge >= 0.3 is 0 Å². The van der Waals surface area contributed by atoms with Crippen molar-refractivity contribution in [2.24, 2.45) is 0 Å². The number of fused-ring (bicyclic) bond motifs is 3. The zero-order chi connectivity index (χ0) is 36.6. The monoisotopic (exact) mass is 704 g/mol. The molecule has 55 heavy (non-hydrogen) atoms. The van der Waals surface area contributed by atoms with Gasteiger partial charge in [-0.1, -0.05) is 170 Å². The number of para-hydroxylation sites is 2. The zero-order valence-corrected chi connectivity index (χ0v) is 29.7. The summed E-state index contributed by atoms with van der Waals surface area (Å²) in [5.41, 5.74) is 12.4. The van der Waals surface area contributed by atoms with Gasteiger partial charge in [0.15, 0.2) is 17.5 Å². The highest BCUT2D eigenvalue weighted by Crippen LogP contribution is 2.37. The second kappa shape index (κ2) is 13.8. The minimum absolute atomic E-state index is 0.571. The molecule has 0 aliphatic heterocycles. The third-order valence-corrected chi connectivity index (χ3v) is 10.0. The lowest BCUT2D eigenvalue weighted by Gasteiger charge is -2.13. The highest BCUT2D eigenvalue weighted by molar-refractivity contribution is 6.09. The Balaban J connectivity index is 1.09. The number of nitrogens with zero attached hydrogens (tertiary/aromatic N) is 4. The summed E-state index contributed by atoms with van der Waals surface area (Å²) in [6.45, 7) is 0. The molecule has 0 radical (unpaired) electrons. The summed E-state index contributed by atoms with van der Waals surface area (Å²) in [7, 11) is 0. The van der Waals surface area contributed by atoms with Gasteiger partial charge in [-0.2, -0.15) is 0 Å². The first kappa shape index (κ1) is 32.2. The Morgan fingerprint density at radius 3 is 1.35 bits per heavy atom. The molecule has 3 heterocycles. The van der Waals surface area contributed by atoms with Crippen molar-refractivity contribution in [3.05, 3.63) is 194 Å². The number of furan rings is 1. The van der Waals surface area contributed by atoms with Crippen LogP contribution in [-0.2, 0) is 0 Å². The Morgan fingerprint density at radius 1 is 0.273 bits per heavy atom. The van der Waals surface area contributed by atoms with Gasteiger partial charge < -0.3 is 4.42 Å². The van der Waals surface area contributed by atoms with Crippen LogP contribution in [0.4, 0.5) is 0 Å². The average Bonchev–Trinajstić information content (AvgIpc) is 3.66. The standard InChI is InChI=1S/C50H32N4O/c1-3-13-33(14-4-1)35-25-29-37(30-26-35)48-52-49(38-31-27-36(28-32-38)34-15-5-2-6-16-34)54-50(53-48)42-19-8-7-17-39(42)44-22-12-23-45(51-44)43-21-11-20-41-40-18-9-10-24-46(40)55-47(41)43/h1-32H. The molecule has 10 rings (SSSR count). The quantitative estimate of drug-likeness (QED) is 0.165. The summed E-state index contributed by atoms with van der Waals surface area (Å²) < 4.78 is 6.38. The minimum atomic E-state index is 0.571. The molecule has 0 atom stereocenters. The molecule has 5 nitrogen and oxygen atoms in total. The first-order valence-corrected chi connectivity index (χ1v) is 18.3. The second-order valence-corrected chi connectivity index (χ2v) is 13.4. The van der Waals surface area contributed by atoms with E-state index in [1.807, 2.05) is 60.7 Å². The van der Waals surface area contributed by atoms with Gasteiger partial charge in [-0.15, -0.1) is 0 Å². The first-order chi connectivity index (χ1) is 27.2. The summed E-state index contributed by atoms with van der Waals surface area (Å²) in [4.78, 5) is 20.6. The van der Waals surface area contributed by atoms with Crippen LogP contribution in [0, 0.1) is 0 Å². The molecule has 0 unspecified atom stereocenters. The lowest BCUT2D eigenvalue weighted by atomic mass is 10.0. The van der Waals surface area contributed by atoms with Gasteiger partial charge in [-0.05, 0) is 46.5 Å². The van der Waals surface area contributed by atoms with Gasteiger partial charge in [0.05, 0.1) is 11.4 Å². The molecule has 0 spiro atoms. The molecule has 0 saturated heterocycles. The Kier molecular flexibility index (Phi) is 8.08. The van der Waals surface area contributed by atoms with E-state index in [-0.39, 0.29) is 0 Å². The highest BCUT2D eigenvalue weighted by Gasteiger charge is 2.18. The molecule has 7 aromatic carbocycles. The lowest BCUT2D eigenvalue weighted by molar-refractivity contribution is 0.670. The van der Waals surface area contributed by atoms with Crippen LogP contribution < -0.4 is 0 Å².